The number of anilines is 1. The molecule has 0 amide bonds. The van der Waals surface area contributed by atoms with Crippen molar-refractivity contribution >= 4 is 27.6 Å². The molecule has 0 saturated carbocycles. The number of imidazole rings is 1. The first kappa shape index (κ1) is 21.0. The van der Waals surface area contributed by atoms with Crippen molar-refractivity contribution in [3.8, 4) is 33.3 Å². The van der Waals surface area contributed by atoms with Crippen molar-refractivity contribution in [3.05, 3.63) is 67.0 Å². The summed E-state index contributed by atoms with van der Waals surface area (Å²) >= 11 is 1.36. The van der Waals surface area contributed by atoms with Gasteiger partial charge in [-0.3, -0.25) is 0 Å². The minimum atomic E-state index is -0.319. The maximum Gasteiger partial charge on any atom is 0.250 e. The van der Waals surface area contributed by atoms with E-state index in [1.165, 1.54) is 29.8 Å². The minimum Gasteiger partial charge on any atom is -0.437 e. The Kier molecular flexibility index (Phi) is 5.47. The van der Waals surface area contributed by atoms with Gasteiger partial charge < -0.3 is 15.0 Å². The highest BCUT2D eigenvalue weighted by Crippen LogP contribution is 2.39. The second-order valence-electron chi connectivity index (χ2n) is 8.01. The van der Waals surface area contributed by atoms with Crippen molar-refractivity contribution < 1.29 is 9.13 Å². The Labute approximate surface area is 193 Å². The van der Waals surface area contributed by atoms with Gasteiger partial charge in [0.2, 0.25) is 0 Å². The Morgan fingerprint density at radius 2 is 1.88 bits per heavy atom. The van der Waals surface area contributed by atoms with E-state index in [0.717, 1.165) is 22.6 Å². The van der Waals surface area contributed by atoms with Crippen molar-refractivity contribution in [2.24, 2.45) is 5.92 Å². The van der Waals surface area contributed by atoms with E-state index in [4.69, 9.17) is 10.5 Å². The number of ether oxygens (including phenoxy) is 1. The SMILES string of the molecule is CC(C)Cn1cnc2c(Oc3ccc(-c4sc(N)nc4-c4cccc(F)c4)cc3)ncnc21. The van der Waals surface area contributed by atoms with Gasteiger partial charge in [0.05, 0.1) is 16.9 Å². The van der Waals surface area contributed by atoms with Crippen LogP contribution in [-0.4, -0.2) is 24.5 Å². The Morgan fingerprint density at radius 1 is 1.06 bits per heavy atom. The highest BCUT2D eigenvalue weighted by molar-refractivity contribution is 7.19. The first-order valence-electron chi connectivity index (χ1n) is 10.4. The van der Waals surface area contributed by atoms with Gasteiger partial charge in [0.1, 0.15) is 17.9 Å². The van der Waals surface area contributed by atoms with Gasteiger partial charge in [0.15, 0.2) is 16.3 Å². The topological polar surface area (TPSA) is 91.7 Å². The fraction of sp³-hybridized carbons (Fsp3) is 0.167. The Bertz CT molecular complexity index is 1430. The summed E-state index contributed by atoms with van der Waals surface area (Å²) in [6, 6.07) is 13.9. The number of nitrogens with zero attached hydrogens (tertiary/aromatic N) is 5. The lowest BCUT2D eigenvalue weighted by Gasteiger charge is -2.08. The molecule has 0 atom stereocenters. The van der Waals surface area contributed by atoms with E-state index >= 15 is 0 Å². The minimum absolute atomic E-state index is 0.319. The average molecular weight is 461 g/mol. The van der Waals surface area contributed by atoms with Crippen LogP contribution in [0.3, 0.4) is 0 Å². The number of nitrogens with two attached hydrogens (primary N) is 1. The van der Waals surface area contributed by atoms with E-state index in [0.29, 0.717) is 39.5 Å². The summed E-state index contributed by atoms with van der Waals surface area (Å²) in [6.07, 6.45) is 3.24. The van der Waals surface area contributed by atoms with E-state index < -0.39 is 0 Å². The van der Waals surface area contributed by atoms with Crippen LogP contribution in [0.4, 0.5) is 9.52 Å². The van der Waals surface area contributed by atoms with Crippen molar-refractivity contribution in [2.75, 3.05) is 5.73 Å². The predicted octanol–water partition coefficient (Wildman–Crippen LogP) is 5.79. The maximum atomic E-state index is 13.7. The molecule has 0 aliphatic heterocycles. The number of thiazole rings is 1. The van der Waals surface area contributed by atoms with Crippen LogP contribution < -0.4 is 10.5 Å². The normalized spacial score (nSPS) is 11.4. The van der Waals surface area contributed by atoms with Crippen molar-refractivity contribution in [1.82, 2.24) is 24.5 Å². The average Bonchev–Trinajstić information content (AvgIpc) is 3.38. The van der Waals surface area contributed by atoms with Gasteiger partial charge in [-0.2, -0.15) is 4.98 Å². The summed E-state index contributed by atoms with van der Waals surface area (Å²) in [5.74, 6) is 1.16. The largest absolute Gasteiger partial charge is 0.437 e. The summed E-state index contributed by atoms with van der Waals surface area (Å²) in [4.78, 5) is 18.4. The fourth-order valence-corrected chi connectivity index (χ4v) is 4.47. The van der Waals surface area contributed by atoms with Crippen LogP contribution in [0.15, 0.2) is 61.2 Å². The van der Waals surface area contributed by atoms with Crippen LogP contribution in [0.1, 0.15) is 13.8 Å². The lowest BCUT2D eigenvalue weighted by atomic mass is 10.1. The number of hydrogen-bond acceptors (Lipinski definition) is 7. The number of fused-ring (bicyclic) bond motifs is 1. The van der Waals surface area contributed by atoms with Crippen molar-refractivity contribution in [1.29, 1.82) is 0 Å². The summed E-state index contributed by atoms with van der Waals surface area (Å²) in [6.45, 7) is 5.10. The summed E-state index contributed by atoms with van der Waals surface area (Å²) < 4.78 is 21.8. The van der Waals surface area contributed by atoms with Crippen LogP contribution >= 0.6 is 11.3 Å². The Balaban J connectivity index is 1.43. The van der Waals surface area contributed by atoms with Crippen molar-refractivity contribution in [2.45, 2.75) is 20.4 Å². The highest BCUT2D eigenvalue weighted by atomic mass is 32.1. The molecule has 0 aliphatic rings. The summed E-state index contributed by atoms with van der Waals surface area (Å²) in [7, 11) is 0. The quantitative estimate of drug-likeness (QED) is 0.345. The van der Waals surface area contributed by atoms with Gasteiger partial charge in [-0.05, 0) is 47.9 Å². The number of hydrogen-bond donors (Lipinski definition) is 1. The van der Waals surface area contributed by atoms with Crippen LogP contribution in [0.25, 0.3) is 32.9 Å². The number of aromatic nitrogens is 5. The molecule has 2 aromatic carbocycles. The van der Waals surface area contributed by atoms with Crippen LogP contribution in [0.2, 0.25) is 0 Å². The van der Waals surface area contributed by atoms with Gasteiger partial charge in [-0.15, -0.1) is 0 Å². The summed E-state index contributed by atoms with van der Waals surface area (Å²) in [5, 5.41) is 0.421. The van der Waals surface area contributed by atoms with Gasteiger partial charge >= 0.3 is 0 Å². The second kappa shape index (κ2) is 8.59. The lowest BCUT2D eigenvalue weighted by Crippen LogP contribution is -2.03. The van der Waals surface area contributed by atoms with E-state index in [9.17, 15) is 4.39 Å². The van der Waals surface area contributed by atoms with E-state index in [1.54, 1.807) is 12.4 Å². The Morgan fingerprint density at radius 3 is 2.64 bits per heavy atom. The molecule has 5 rings (SSSR count). The molecule has 33 heavy (non-hydrogen) atoms. The standard InChI is InChI=1S/C24H21FN6OS/c1-14(2)11-31-13-29-20-22(31)27-12-28-23(20)32-18-8-6-15(7-9-18)21-19(30-24(26)33-21)16-4-3-5-17(25)10-16/h3-10,12-14H,11H2,1-2H3,(H2,26,30). The van der Waals surface area contributed by atoms with Crippen LogP contribution in [-0.2, 0) is 6.54 Å². The van der Waals surface area contributed by atoms with Gasteiger partial charge in [0, 0.05) is 12.1 Å². The van der Waals surface area contributed by atoms with Gasteiger partial charge in [-0.1, -0.05) is 37.3 Å². The zero-order chi connectivity index (χ0) is 22.9. The molecule has 0 spiro atoms. The smallest absolute Gasteiger partial charge is 0.250 e. The third-order valence-corrected chi connectivity index (χ3v) is 5.94. The summed E-state index contributed by atoms with van der Waals surface area (Å²) in [5.41, 5.74) is 9.57. The molecule has 9 heteroatoms. The first-order valence-corrected chi connectivity index (χ1v) is 11.3. The molecule has 5 aromatic rings. The van der Waals surface area contributed by atoms with Crippen LogP contribution in [0.5, 0.6) is 11.6 Å². The monoisotopic (exact) mass is 460 g/mol. The fourth-order valence-electron chi connectivity index (χ4n) is 3.61. The van der Waals surface area contributed by atoms with Crippen molar-refractivity contribution in [3.63, 3.8) is 0 Å². The number of nitrogen functional groups attached to an aromatic ring is 1. The third kappa shape index (κ3) is 4.27. The zero-order valence-corrected chi connectivity index (χ0v) is 18.9. The molecule has 0 unspecified atom stereocenters. The van der Waals surface area contributed by atoms with Gasteiger partial charge in [0.25, 0.3) is 5.88 Å². The zero-order valence-electron chi connectivity index (χ0n) is 18.1. The highest BCUT2D eigenvalue weighted by Gasteiger charge is 2.16. The molecule has 0 fully saturated rings. The first-order chi connectivity index (χ1) is 16.0. The second-order valence-corrected chi connectivity index (χ2v) is 9.04. The molecule has 0 radical (unpaired) electrons. The van der Waals surface area contributed by atoms with Gasteiger partial charge in [-0.25, -0.2) is 19.3 Å². The predicted molar refractivity (Wildman–Crippen MR) is 128 cm³/mol. The third-order valence-electron chi connectivity index (χ3n) is 5.00. The molecule has 166 valence electrons. The number of halogens is 1. The molecular weight excluding hydrogens is 439 g/mol. The molecule has 0 saturated heterocycles. The molecule has 3 heterocycles. The van der Waals surface area contributed by atoms with Crippen LogP contribution in [0, 0.1) is 11.7 Å². The van der Waals surface area contributed by atoms with E-state index in [-0.39, 0.29) is 5.82 Å². The molecular formula is C24H21FN6OS. The number of benzene rings is 2. The molecule has 0 bridgehead atoms. The molecule has 3 aromatic heterocycles. The molecule has 7 nitrogen and oxygen atoms in total. The lowest BCUT2D eigenvalue weighted by molar-refractivity contribution is 0.467. The number of rotatable bonds is 6. The molecule has 2 N–H and O–H groups in total. The maximum absolute atomic E-state index is 13.7. The Hall–Kier alpha value is -3.85. The molecule has 0 aliphatic carbocycles. The van der Waals surface area contributed by atoms with E-state index in [2.05, 4.69) is 33.8 Å². The van der Waals surface area contributed by atoms with E-state index in [1.807, 2.05) is 34.9 Å².